The van der Waals surface area contributed by atoms with E-state index in [1.807, 2.05) is 0 Å². The topological polar surface area (TPSA) is 41.1 Å². The summed E-state index contributed by atoms with van der Waals surface area (Å²) in [7, 11) is 0. The molecule has 1 aliphatic rings. The van der Waals surface area contributed by atoms with Crippen molar-refractivity contribution in [1.82, 2.24) is 10.9 Å². The van der Waals surface area contributed by atoms with E-state index in [-0.39, 0.29) is 12.4 Å². The van der Waals surface area contributed by atoms with Gasteiger partial charge in [-0.05, 0) is 6.42 Å². The number of carbonyl (C=O) groups excluding carboxylic acids is 1. The second kappa shape index (κ2) is 4.73. The largest absolute Gasteiger partial charge is 0.298 e. The zero-order chi connectivity index (χ0) is 5.82. The summed E-state index contributed by atoms with van der Waals surface area (Å²) in [5.74, 6) is 0.301. The Bertz CT molecular complexity index is 87.0. The number of nitrogens with one attached hydrogen (secondary N) is 2. The number of hydrazine groups is 1. The van der Waals surface area contributed by atoms with Gasteiger partial charge in [0.1, 0.15) is 5.78 Å². The van der Waals surface area contributed by atoms with Crippen molar-refractivity contribution in [2.24, 2.45) is 0 Å². The van der Waals surface area contributed by atoms with Gasteiger partial charge in [0.25, 0.3) is 0 Å². The molecule has 0 radical (unpaired) electrons. The molecule has 0 aromatic heterocycles. The third-order valence-corrected chi connectivity index (χ3v) is 1.17. The number of hydrogen-bond acceptors (Lipinski definition) is 3. The van der Waals surface area contributed by atoms with E-state index in [0.29, 0.717) is 12.3 Å². The first-order valence-corrected chi connectivity index (χ1v) is 2.87. The number of hydrogen-bond donors (Lipinski definition) is 2. The molecule has 4 heteroatoms. The molecule has 2 N–H and O–H groups in total. The van der Waals surface area contributed by atoms with Crippen LogP contribution in [0, 0.1) is 0 Å². The molecule has 0 aromatic carbocycles. The van der Waals surface area contributed by atoms with Crippen LogP contribution in [0.4, 0.5) is 0 Å². The number of Topliss-reactive ketones (excluding diaryl/α,β-unsaturated/α-hetero) is 1. The van der Waals surface area contributed by atoms with Gasteiger partial charge in [-0.15, -0.1) is 12.4 Å². The summed E-state index contributed by atoms with van der Waals surface area (Å²) in [5.41, 5.74) is 5.70. The molecule has 0 aromatic rings. The molecule has 3 nitrogen and oxygen atoms in total. The first kappa shape index (κ1) is 8.88. The summed E-state index contributed by atoms with van der Waals surface area (Å²) in [6.07, 6.45) is 1.69. The quantitative estimate of drug-likeness (QED) is 0.506. The first-order valence-electron chi connectivity index (χ1n) is 2.87. The highest BCUT2D eigenvalue weighted by atomic mass is 35.5. The van der Waals surface area contributed by atoms with Gasteiger partial charge in [0.05, 0.1) is 6.54 Å². The highest BCUT2D eigenvalue weighted by molar-refractivity contribution is 5.85. The maximum atomic E-state index is 10.6. The normalized spacial score (nSPS) is 20.2. The molecule has 9 heavy (non-hydrogen) atoms. The second-order valence-corrected chi connectivity index (χ2v) is 1.92. The Labute approximate surface area is 60.6 Å². The Kier molecular flexibility index (Phi) is 4.67. The van der Waals surface area contributed by atoms with Crippen molar-refractivity contribution in [3.05, 3.63) is 0 Å². The summed E-state index contributed by atoms with van der Waals surface area (Å²) in [6.45, 7) is 1.39. The Morgan fingerprint density at radius 1 is 1.33 bits per heavy atom. The number of ketones is 1. The summed E-state index contributed by atoms with van der Waals surface area (Å²) in [4.78, 5) is 10.6. The fourth-order valence-corrected chi connectivity index (χ4v) is 0.712. The van der Waals surface area contributed by atoms with Crippen molar-refractivity contribution in [2.75, 3.05) is 13.1 Å². The predicted octanol–water partition coefficient (Wildman–Crippen LogP) is -0.135. The van der Waals surface area contributed by atoms with E-state index >= 15 is 0 Å². The van der Waals surface area contributed by atoms with E-state index in [1.54, 1.807) is 0 Å². The molecule has 1 fully saturated rings. The molecular weight excluding hydrogens is 140 g/mol. The van der Waals surface area contributed by atoms with Gasteiger partial charge in [-0.1, -0.05) is 0 Å². The third-order valence-electron chi connectivity index (χ3n) is 1.17. The van der Waals surface area contributed by atoms with Crippen LogP contribution in [0.3, 0.4) is 0 Å². The van der Waals surface area contributed by atoms with Crippen LogP contribution in [-0.4, -0.2) is 18.9 Å². The maximum absolute atomic E-state index is 10.6. The molecule has 0 amide bonds. The molecule has 0 bridgehead atoms. The lowest BCUT2D eigenvalue weighted by Gasteiger charge is -1.95. The van der Waals surface area contributed by atoms with E-state index in [1.165, 1.54) is 0 Å². The van der Waals surface area contributed by atoms with Crippen LogP contribution in [0.2, 0.25) is 0 Å². The van der Waals surface area contributed by atoms with Crippen LogP contribution in [0.1, 0.15) is 12.8 Å². The SMILES string of the molecule is Cl.O=C1CCCNNC1. The van der Waals surface area contributed by atoms with Gasteiger partial charge in [0, 0.05) is 13.0 Å². The van der Waals surface area contributed by atoms with Crippen molar-refractivity contribution in [3.8, 4) is 0 Å². The number of rotatable bonds is 0. The fraction of sp³-hybridized carbons (Fsp3) is 0.800. The lowest BCUT2D eigenvalue weighted by molar-refractivity contribution is -0.118. The fourth-order valence-electron chi connectivity index (χ4n) is 0.712. The van der Waals surface area contributed by atoms with E-state index in [4.69, 9.17) is 0 Å². The lowest BCUT2D eigenvalue weighted by atomic mass is 10.2. The van der Waals surface area contributed by atoms with Crippen molar-refractivity contribution in [3.63, 3.8) is 0 Å². The molecule has 0 spiro atoms. The zero-order valence-corrected chi connectivity index (χ0v) is 5.96. The minimum atomic E-state index is 0. The average Bonchev–Trinajstić information content (AvgIpc) is 1.94. The van der Waals surface area contributed by atoms with Crippen molar-refractivity contribution >= 4 is 18.2 Å². The van der Waals surface area contributed by atoms with Crippen LogP contribution in [-0.2, 0) is 4.79 Å². The third kappa shape index (κ3) is 3.46. The molecule has 1 heterocycles. The Balaban J connectivity index is 0.000000640. The number of carbonyl (C=O) groups is 1. The Morgan fingerprint density at radius 2 is 2.11 bits per heavy atom. The first-order chi connectivity index (χ1) is 3.89. The van der Waals surface area contributed by atoms with E-state index in [9.17, 15) is 4.79 Å². The minimum Gasteiger partial charge on any atom is -0.298 e. The van der Waals surface area contributed by atoms with Gasteiger partial charge < -0.3 is 0 Å². The summed E-state index contributed by atoms with van der Waals surface area (Å²) >= 11 is 0. The van der Waals surface area contributed by atoms with E-state index in [2.05, 4.69) is 10.9 Å². The highest BCUT2D eigenvalue weighted by Crippen LogP contribution is 1.89. The minimum absolute atomic E-state index is 0. The van der Waals surface area contributed by atoms with Gasteiger partial charge in [0.15, 0.2) is 0 Å². The van der Waals surface area contributed by atoms with Gasteiger partial charge >= 0.3 is 0 Å². The van der Waals surface area contributed by atoms with Gasteiger partial charge in [-0.3, -0.25) is 15.6 Å². The predicted molar refractivity (Wildman–Crippen MR) is 37.5 cm³/mol. The van der Waals surface area contributed by atoms with E-state index in [0.717, 1.165) is 19.4 Å². The maximum Gasteiger partial charge on any atom is 0.148 e. The average molecular weight is 151 g/mol. The molecule has 0 atom stereocenters. The Hall–Kier alpha value is -0.120. The van der Waals surface area contributed by atoms with Gasteiger partial charge in [0.2, 0.25) is 0 Å². The smallest absolute Gasteiger partial charge is 0.148 e. The van der Waals surface area contributed by atoms with Crippen LogP contribution in [0.5, 0.6) is 0 Å². The lowest BCUT2D eigenvalue weighted by Crippen LogP contribution is -2.32. The molecule has 1 saturated heterocycles. The van der Waals surface area contributed by atoms with Crippen molar-refractivity contribution < 1.29 is 4.79 Å². The molecular formula is C5H11ClN2O. The van der Waals surface area contributed by atoms with E-state index < -0.39 is 0 Å². The van der Waals surface area contributed by atoms with Crippen LogP contribution in [0.15, 0.2) is 0 Å². The van der Waals surface area contributed by atoms with Gasteiger partial charge in [-0.25, -0.2) is 0 Å². The molecule has 0 aliphatic carbocycles. The highest BCUT2D eigenvalue weighted by Gasteiger charge is 2.03. The monoisotopic (exact) mass is 150 g/mol. The van der Waals surface area contributed by atoms with Crippen molar-refractivity contribution in [1.29, 1.82) is 0 Å². The van der Waals surface area contributed by atoms with Crippen LogP contribution in [0.25, 0.3) is 0 Å². The van der Waals surface area contributed by atoms with Crippen LogP contribution < -0.4 is 10.9 Å². The molecule has 1 aliphatic heterocycles. The molecule has 0 saturated carbocycles. The zero-order valence-electron chi connectivity index (χ0n) is 5.14. The molecule has 54 valence electrons. The standard InChI is InChI=1S/C5H10N2O.ClH/c8-5-2-1-3-6-7-4-5;/h6-7H,1-4H2;1H. The van der Waals surface area contributed by atoms with Crippen LogP contribution >= 0.6 is 12.4 Å². The Morgan fingerprint density at radius 3 is 2.89 bits per heavy atom. The summed E-state index contributed by atoms with van der Waals surface area (Å²) in [5, 5.41) is 0. The van der Waals surface area contributed by atoms with Crippen molar-refractivity contribution in [2.45, 2.75) is 12.8 Å². The second-order valence-electron chi connectivity index (χ2n) is 1.92. The van der Waals surface area contributed by atoms with Gasteiger partial charge in [-0.2, -0.15) is 0 Å². The summed E-state index contributed by atoms with van der Waals surface area (Å²) in [6, 6.07) is 0. The molecule has 0 unspecified atom stereocenters. The molecule has 1 rings (SSSR count). The summed E-state index contributed by atoms with van der Waals surface area (Å²) < 4.78 is 0. The number of halogens is 1.